The van der Waals surface area contributed by atoms with Crippen LogP contribution in [0.15, 0.2) is 57.5 Å². The van der Waals surface area contributed by atoms with E-state index in [0.717, 1.165) is 27.8 Å². The highest BCUT2D eigenvalue weighted by molar-refractivity contribution is 9.10. The Morgan fingerprint density at radius 1 is 0.759 bits per heavy atom. The predicted octanol–water partition coefficient (Wildman–Crippen LogP) is 6.40. The van der Waals surface area contributed by atoms with Gasteiger partial charge in [0.2, 0.25) is 17.6 Å². The van der Waals surface area contributed by atoms with Gasteiger partial charge in [-0.3, -0.25) is 14.9 Å². The quantitative estimate of drug-likeness (QED) is 0.0697. The maximum Gasteiger partial charge on any atom is 0.326 e. The summed E-state index contributed by atoms with van der Waals surface area (Å²) in [5.74, 6) is -0.675. The molecular weight excluding hydrogens is 830 g/mol. The maximum atomic E-state index is 11.7. The summed E-state index contributed by atoms with van der Waals surface area (Å²) in [5, 5.41) is 41.1. The van der Waals surface area contributed by atoms with Gasteiger partial charge in [0.15, 0.2) is 0 Å². The molecule has 0 spiro atoms. The predicted molar refractivity (Wildman–Crippen MR) is 208 cm³/mol. The van der Waals surface area contributed by atoms with E-state index in [-0.39, 0.29) is 32.1 Å². The van der Waals surface area contributed by atoms with E-state index < -0.39 is 36.1 Å². The molecule has 2 aromatic carbocycles. The summed E-state index contributed by atoms with van der Waals surface area (Å²) in [5.41, 5.74) is 3.91. The minimum absolute atomic E-state index is 0.0812. The molecule has 2 atom stereocenters. The van der Waals surface area contributed by atoms with Crippen LogP contribution in [-0.4, -0.2) is 75.3 Å². The van der Waals surface area contributed by atoms with Crippen LogP contribution in [0, 0.1) is 19.3 Å². The largest absolute Gasteiger partial charge is 0.487 e. The van der Waals surface area contributed by atoms with E-state index in [4.69, 9.17) is 18.9 Å². The number of ether oxygens (including phenoxy) is 4. The monoisotopic (exact) mass is 873 g/mol. The number of aliphatic hydroxyl groups is 2. The molecule has 0 amide bonds. The number of carboxylic acids is 2. The van der Waals surface area contributed by atoms with Crippen LogP contribution in [0.25, 0.3) is 11.1 Å². The number of carboxylic acid groups (broad SMARTS) is 2. The van der Waals surface area contributed by atoms with Crippen molar-refractivity contribution >= 4 is 43.8 Å². The number of nitrogens with one attached hydrogen (secondary N) is 1. The normalized spacial score (nSPS) is 13.4. The van der Waals surface area contributed by atoms with Crippen molar-refractivity contribution in [3.8, 4) is 34.5 Å². The van der Waals surface area contributed by atoms with E-state index >= 15 is 0 Å². The number of aliphatic carboxylic acids is 2. The van der Waals surface area contributed by atoms with Crippen molar-refractivity contribution in [2.45, 2.75) is 65.8 Å². The van der Waals surface area contributed by atoms with Crippen molar-refractivity contribution in [3.05, 3.63) is 91.0 Å². The van der Waals surface area contributed by atoms with Crippen LogP contribution < -0.4 is 24.3 Å². The van der Waals surface area contributed by atoms with Crippen molar-refractivity contribution in [2.24, 2.45) is 5.41 Å². The number of nitrogens with zero attached hydrogens (tertiary/aromatic N) is 2. The number of hydrogen-bond donors (Lipinski definition) is 5. The lowest BCUT2D eigenvalue weighted by Gasteiger charge is -2.24. The molecule has 2 aromatic heterocycles. The molecule has 0 saturated carbocycles. The van der Waals surface area contributed by atoms with Crippen LogP contribution in [0.5, 0.6) is 23.4 Å². The Balaban J connectivity index is 1.50. The van der Waals surface area contributed by atoms with Crippen LogP contribution >= 0.6 is 31.9 Å². The lowest BCUT2D eigenvalue weighted by Crippen LogP contribution is -2.52. The molecule has 2 heterocycles. The third-order valence-electron chi connectivity index (χ3n) is 9.48. The molecule has 290 valence electrons. The number of aliphatic hydroxyl groups excluding tert-OH is 2. The molecule has 0 fully saturated rings. The fraction of sp³-hybridized carbons (Fsp3) is 0.385. The zero-order valence-corrected chi connectivity index (χ0v) is 34.1. The van der Waals surface area contributed by atoms with Crippen LogP contribution in [0.2, 0.25) is 0 Å². The number of halogens is 2. The molecule has 13 nitrogen and oxygen atoms in total. The SMILES string of the molecule is COc1nc(COc2cccc(-c3cccc(COc4nc(OC)c(CNC(C)(CO)C(=O)O)cc4Br)c3C)c2C)c(Br)cc1CCC(C)(CO)C(=O)O. The summed E-state index contributed by atoms with van der Waals surface area (Å²) in [7, 11) is 2.97. The molecule has 5 N–H and O–H groups in total. The first-order valence-corrected chi connectivity index (χ1v) is 18.5. The van der Waals surface area contributed by atoms with Gasteiger partial charge in [-0.25, -0.2) is 4.98 Å². The van der Waals surface area contributed by atoms with Gasteiger partial charge in [-0.2, -0.15) is 4.98 Å². The summed E-state index contributed by atoms with van der Waals surface area (Å²) >= 11 is 7.10. The van der Waals surface area contributed by atoms with E-state index in [9.17, 15) is 30.0 Å². The molecule has 4 aromatic rings. The Morgan fingerprint density at radius 3 is 2.00 bits per heavy atom. The smallest absolute Gasteiger partial charge is 0.326 e. The number of pyridine rings is 2. The zero-order chi connectivity index (χ0) is 39.8. The maximum absolute atomic E-state index is 11.7. The van der Waals surface area contributed by atoms with Crippen molar-refractivity contribution in [3.63, 3.8) is 0 Å². The minimum atomic E-state index is -1.54. The summed E-state index contributed by atoms with van der Waals surface area (Å²) in [4.78, 5) is 32.4. The van der Waals surface area contributed by atoms with Gasteiger partial charge in [-0.15, -0.1) is 0 Å². The number of rotatable bonds is 19. The number of benzene rings is 2. The van der Waals surface area contributed by atoms with Crippen molar-refractivity contribution in [2.75, 3.05) is 27.4 Å². The van der Waals surface area contributed by atoms with Crippen LogP contribution in [0.4, 0.5) is 0 Å². The standard InChI is InChI=1S/C39H45Br2N3O10/c1-22-25(18-54-35-30(41)16-26(34(44-35)52-6)17-42-39(4,21-46)37(49)50)9-7-10-27(22)28-11-8-12-32(23(28)2)53-19-31-29(40)15-24(33(43-31)51-5)13-14-38(3,20-45)36(47)48/h7-12,15-16,42,45-46H,13-14,17-21H2,1-6H3,(H,47,48)(H,49,50). The molecule has 0 aliphatic carbocycles. The molecule has 4 rings (SSSR count). The molecule has 2 unspecified atom stereocenters. The summed E-state index contributed by atoms with van der Waals surface area (Å²) in [6.07, 6.45) is 0.549. The molecule has 15 heteroatoms. The molecule has 0 bridgehead atoms. The van der Waals surface area contributed by atoms with Crippen LogP contribution in [-0.2, 0) is 35.8 Å². The van der Waals surface area contributed by atoms with Gasteiger partial charge in [0.1, 0.15) is 24.5 Å². The number of hydrogen-bond acceptors (Lipinski definition) is 11. The Morgan fingerprint density at radius 2 is 1.39 bits per heavy atom. The lowest BCUT2D eigenvalue weighted by atomic mass is 9.85. The number of aromatic nitrogens is 2. The topological polar surface area (TPSA) is 190 Å². The second kappa shape index (κ2) is 18.4. The second-order valence-corrected chi connectivity index (χ2v) is 15.0. The Bertz CT molecular complexity index is 1850. The third-order valence-corrected chi connectivity index (χ3v) is 10.7. The average molecular weight is 876 g/mol. The fourth-order valence-electron chi connectivity index (χ4n) is 5.54. The van der Waals surface area contributed by atoms with Crippen molar-refractivity contribution in [1.82, 2.24) is 15.3 Å². The molecule has 0 aliphatic heterocycles. The van der Waals surface area contributed by atoms with Gasteiger partial charge in [0.25, 0.3) is 0 Å². The molecule has 0 saturated heterocycles. The summed E-state index contributed by atoms with van der Waals surface area (Å²) < 4.78 is 24.7. The highest BCUT2D eigenvalue weighted by atomic mass is 79.9. The average Bonchev–Trinajstić information content (AvgIpc) is 3.15. The molecule has 0 aliphatic rings. The fourth-order valence-corrected chi connectivity index (χ4v) is 6.50. The lowest BCUT2D eigenvalue weighted by molar-refractivity contribution is -0.150. The highest BCUT2D eigenvalue weighted by Gasteiger charge is 2.33. The van der Waals surface area contributed by atoms with E-state index in [0.29, 0.717) is 49.7 Å². The molecular formula is C39H45Br2N3O10. The van der Waals surface area contributed by atoms with Crippen LogP contribution in [0.1, 0.15) is 53.8 Å². The van der Waals surface area contributed by atoms with Crippen molar-refractivity contribution < 1.29 is 49.0 Å². The van der Waals surface area contributed by atoms with Gasteiger partial charge >= 0.3 is 11.9 Å². The van der Waals surface area contributed by atoms with Gasteiger partial charge in [-0.1, -0.05) is 30.3 Å². The van der Waals surface area contributed by atoms with Crippen LogP contribution in [0.3, 0.4) is 0 Å². The first kappa shape index (κ1) is 42.5. The Hall–Kier alpha value is -4.28. The first-order valence-electron chi connectivity index (χ1n) is 16.9. The third kappa shape index (κ3) is 9.68. The Labute approximate surface area is 330 Å². The summed E-state index contributed by atoms with van der Waals surface area (Å²) in [6, 6.07) is 15.4. The Kier molecular flexibility index (Phi) is 14.4. The molecule has 54 heavy (non-hydrogen) atoms. The molecule has 0 radical (unpaired) electrons. The van der Waals surface area contributed by atoms with Gasteiger partial charge in [0.05, 0.1) is 43.0 Å². The number of aryl methyl sites for hydroxylation is 1. The number of methoxy groups -OCH3 is 2. The number of carbonyl (C=O) groups is 2. The first-order chi connectivity index (χ1) is 25.6. The zero-order valence-electron chi connectivity index (χ0n) is 31.0. The second-order valence-electron chi connectivity index (χ2n) is 13.3. The van der Waals surface area contributed by atoms with E-state index in [1.807, 2.05) is 56.3 Å². The van der Waals surface area contributed by atoms with Gasteiger partial charge in [-0.05, 0) is 118 Å². The van der Waals surface area contributed by atoms with Crippen molar-refractivity contribution in [1.29, 1.82) is 0 Å². The van der Waals surface area contributed by atoms with E-state index in [2.05, 4.69) is 47.1 Å². The van der Waals surface area contributed by atoms with E-state index in [1.165, 1.54) is 28.1 Å². The summed E-state index contributed by atoms with van der Waals surface area (Å²) in [6.45, 7) is 6.26. The minimum Gasteiger partial charge on any atom is -0.487 e. The van der Waals surface area contributed by atoms with Gasteiger partial charge in [0, 0.05) is 22.1 Å². The van der Waals surface area contributed by atoms with E-state index in [1.54, 1.807) is 6.07 Å². The van der Waals surface area contributed by atoms with Gasteiger partial charge < -0.3 is 39.4 Å². The highest BCUT2D eigenvalue weighted by Crippen LogP contribution is 2.36.